The first-order valence-corrected chi connectivity index (χ1v) is 9.77. The molecular weight excluding hydrogens is 350 g/mol. The standard InChI is InChI=1S/C22H25N5O/c1-16-7-8-18(13-20(16)22(28)24-19-5-3-2-4-6-19)21-15-27(26-25-21)14-17-9-11-23-12-10-17/h2-8,13,15,17,23H,9-12,14H2,1H3,(H,24,28). The summed E-state index contributed by atoms with van der Waals surface area (Å²) in [5.41, 5.74) is 4.06. The summed E-state index contributed by atoms with van der Waals surface area (Å²) < 4.78 is 1.93. The molecule has 2 aromatic carbocycles. The van der Waals surface area contributed by atoms with Gasteiger partial charge in [-0.15, -0.1) is 5.10 Å². The Morgan fingerprint density at radius 1 is 1.18 bits per heavy atom. The largest absolute Gasteiger partial charge is 0.322 e. The molecule has 0 saturated carbocycles. The van der Waals surface area contributed by atoms with Crippen LogP contribution in [-0.2, 0) is 6.54 Å². The Kier molecular flexibility index (Phi) is 5.48. The van der Waals surface area contributed by atoms with E-state index in [4.69, 9.17) is 0 Å². The van der Waals surface area contributed by atoms with Crippen LogP contribution in [0.15, 0.2) is 54.7 Å². The van der Waals surface area contributed by atoms with Crippen LogP contribution in [0, 0.1) is 12.8 Å². The van der Waals surface area contributed by atoms with Crippen LogP contribution in [-0.4, -0.2) is 34.0 Å². The van der Waals surface area contributed by atoms with E-state index >= 15 is 0 Å². The molecule has 0 bridgehead atoms. The lowest BCUT2D eigenvalue weighted by Crippen LogP contribution is -2.30. The van der Waals surface area contributed by atoms with Crippen molar-refractivity contribution < 1.29 is 4.79 Å². The van der Waals surface area contributed by atoms with E-state index in [1.54, 1.807) is 0 Å². The molecule has 2 heterocycles. The van der Waals surface area contributed by atoms with E-state index in [0.717, 1.165) is 42.1 Å². The number of nitrogens with zero attached hydrogens (tertiary/aromatic N) is 3. The zero-order chi connectivity index (χ0) is 19.3. The molecule has 28 heavy (non-hydrogen) atoms. The second-order valence-electron chi connectivity index (χ2n) is 7.37. The molecule has 1 aliphatic rings. The van der Waals surface area contributed by atoms with Crippen LogP contribution in [0.4, 0.5) is 5.69 Å². The van der Waals surface area contributed by atoms with Crippen molar-refractivity contribution in [2.45, 2.75) is 26.3 Å². The predicted octanol–water partition coefficient (Wildman–Crippen LogP) is 3.51. The highest BCUT2D eigenvalue weighted by molar-refractivity contribution is 6.05. The van der Waals surface area contributed by atoms with Gasteiger partial charge in [0.1, 0.15) is 5.69 Å². The van der Waals surface area contributed by atoms with Crippen molar-refractivity contribution >= 4 is 11.6 Å². The van der Waals surface area contributed by atoms with Crippen LogP contribution in [0.1, 0.15) is 28.8 Å². The minimum Gasteiger partial charge on any atom is -0.322 e. The number of hydrogen-bond donors (Lipinski definition) is 2. The van der Waals surface area contributed by atoms with E-state index in [1.807, 2.05) is 66.3 Å². The molecule has 1 aromatic heterocycles. The van der Waals surface area contributed by atoms with Crippen molar-refractivity contribution in [2.75, 3.05) is 18.4 Å². The summed E-state index contributed by atoms with van der Waals surface area (Å²) >= 11 is 0. The number of para-hydroxylation sites is 1. The van der Waals surface area contributed by atoms with Gasteiger partial charge in [-0.1, -0.05) is 35.5 Å². The third kappa shape index (κ3) is 4.28. The van der Waals surface area contributed by atoms with Crippen LogP contribution < -0.4 is 10.6 Å². The fourth-order valence-electron chi connectivity index (χ4n) is 3.59. The van der Waals surface area contributed by atoms with Crippen molar-refractivity contribution in [1.82, 2.24) is 20.3 Å². The molecule has 0 unspecified atom stereocenters. The summed E-state index contributed by atoms with van der Waals surface area (Å²) in [6, 6.07) is 15.3. The molecule has 1 fully saturated rings. The SMILES string of the molecule is Cc1ccc(-c2cn(CC3CCNCC3)nn2)cc1C(=O)Nc1ccccc1. The second kappa shape index (κ2) is 8.35. The summed E-state index contributed by atoms with van der Waals surface area (Å²) in [6.45, 7) is 4.98. The number of benzene rings is 2. The topological polar surface area (TPSA) is 71.8 Å². The molecule has 0 spiro atoms. The molecule has 3 aromatic rings. The highest BCUT2D eigenvalue weighted by Crippen LogP contribution is 2.22. The maximum Gasteiger partial charge on any atom is 0.255 e. The molecule has 1 saturated heterocycles. The molecule has 0 atom stereocenters. The first-order chi connectivity index (χ1) is 13.7. The van der Waals surface area contributed by atoms with Gasteiger partial charge in [0.25, 0.3) is 5.91 Å². The van der Waals surface area contributed by atoms with E-state index in [0.29, 0.717) is 11.5 Å². The lowest BCUT2D eigenvalue weighted by Gasteiger charge is -2.21. The third-order valence-electron chi connectivity index (χ3n) is 5.25. The zero-order valence-corrected chi connectivity index (χ0v) is 16.1. The van der Waals surface area contributed by atoms with Gasteiger partial charge in [-0.2, -0.15) is 0 Å². The van der Waals surface area contributed by atoms with Crippen LogP contribution in [0.3, 0.4) is 0 Å². The fourth-order valence-corrected chi connectivity index (χ4v) is 3.59. The van der Waals surface area contributed by atoms with Crippen molar-refractivity contribution in [3.8, 4) is 11.3 Å². The minimum atomic E-state index is -0.118. The van der Waals surface area contributed by atoms with Gasteiger partial charge in [0.15, 0.2) is 0 Å². The maximum atomic E-state index is 12.7. The van der Waals surface area contributed by atoms with Crippen molar-refractivity contribution in [3.05, 3.63) is 65.9 Å². The van der Waals surface area contributed by atoms with E-state index < -0.39 is 0 Å². The number of aryl methyl sites for hydroxylation is 1. The number of carbonyl (C=O) groups is 1. The normalized spacial score (nSPS) is 14.8. The second-order valence-corrected chi connectivity index (χ2v) is 7.37. The minimum absolute atomic E-state index is 0.118. The van der Waals surface area contributed by atoms with Gasteiger partial charge in [-0.05, 0) is 62.5 Å². The lowest BCUT2D eigenvalue weighted by atomic mass is 9.98. The van der Waals surface area contributed by atoms with E-state index in [2.05, 4.69) is 20.9 Å². The Labute approximate surface area is 165 Å². The number of amides is 1. The first-order valence-electron chi connectivity index (χ1n) is 9.77. The molecule has 144 valence electrons. The highest BCUT2D eigenvalue weighted by atomic mass is 16.1. The average Bonchev–Trinajstić information content (AvgIpc) is 3.18. The monoisotopic (exact) mass is 375 g/mol. The van der Waals surface area contributed by atoms with E-state index in [9.17, 15) is 4.79 Å². The number of hydrogen-bond acceptors (Lipinski definition) is 4. The van der Waals surface area contributed by atoms with Crippen LogP contribution >= 0.6 is 0 Å². The summed E-state index contributed by atoms with van der Waals surface area (Å²) in [6.07, 6.45) is 4.32. The Morgan fingerprint density at radius 2 is 1.96 bits per heavy atom. The average molecular weight is 375 g/mol. The summed E-state index contributed by atoms with van der Waals surface area (Å²) in [5.74, 6) is 0.522. The quantitative estimate of drug-likeness (QED) is 0.716. The Balaban J connectivity index is 1.51. The molecular formula is C22H25N5O. The molecule has 4 rings (SSSR count). The number of anilines is 1. The fraction of sp³-hybridized carbons (Fsp3) is 0.318. The molecule has 2 N–H and O–H groups in total. The third-order valence-corrected chi connectivity index (χ3v) is 5.25. The van der Waals surface area contributed by atoms with Crippen LogP contribution in [0.5, 0.6) is 0 Å². The zero-order valence-electron chi connectivity index (χ0n) is 16.1. The van der Waals surface area contributed by atoms with Crippen LogP contribution in [0.2, 0.25) is 0 Å². The summed E-state index contributed by atoms with van der Waals surface area (Å²) in [7, 11) is 0. The van der Waals surface area contributed by atoms with Gasteiger partial charge in [0, 0.05) is 23.4 Å². The van der Waals surface area contributed by atoms with Gasteiger partial charge < -0.3 is 10.6 Å². The first kappa shape index (κ1) is 18.4. The Morgan fingerprint density at radius 3 is 2.75 bits per heavy atom. The molecule has 0 radical (unpaired) electrons. The predicted molar refractivity (Wildman–Crippen MR) is 110 cm³/mol. The summed E-state index contributed by atoms with van der Waals surface area (Å²) in [4.78, 5) is 12.7. The number of rotatable bonds is 5. The molecule has 6 heteroatoms. The maximum absolute atomic E-state index is 12.7. The smallest absolute Gasteiger partial charge is 0.255 e. The van der Waals surface area contributed by atoms with Crippen molar-refractivity contribution in [3.63, 3.8) is 0 Å². The Bertz CT molecular complexity index is 945. The molecule has 0 aliphatic carbocycles. The summed E-state index contributed by atoms with van der Waals surface area (Å²) in [5, 5.41) is 15.0. The van der Waals surface area contributed by atoms with Gasteiger partial charge in [-0.3, -0.25) is 9.48 Å². The van der Waals surface area contributed by atoms with E-state index in [-0.39, 0.29) is 5.91 Å². The molecule has 6 nitrogen and oxygen atoms in total. The van der Waals surface area contributed by atoms with Crippen molar-refractivity contribution in [1.29, 1.82) is 0 Å². The lowest BCUT2D eigenvalue weighted by molar-refractivity contribution is 0.102. The van der Waals surface area contributed by atoms with Gasteiger partial charge in [0.2, 0.25) is 0 Å². The Hall–Kier alpha value is -2.99. The number of carbonyl (C=O) groups excluding carboxylic acids is 1. The molecule has 1 amide bonds. The van der Waals surface area contributed by atoms with Gasteiger partial charge in [-0.25, -0.2) is 0 Å². The molecule has 1 aliphatic heterocycles. The van der Waals surface area contributed by atoms with Crippen molar-refractivity contribution in [2.24, 2.45) is 5.92 Å². The number of piperidine rings is 1. The number of aromatic nitrogens is 3. The van der Waals surface area contributed by atoms with Gasteiger partial charge in [0.05, 0.1) is 6.20 Å². The van der Waals surface area contributed by atoms with Gasteiger partial charge >= 0.3 is 0 Å². The van der Waals surface area contributed by atoms with Crippen LogP contribution in [0.25, 0.3) is 11.3 Å². The van der Waals surface area contributed by atoms with E-state index in [1.165, 1.54) is 12.8 Å². The highest BCUT2D eigenvalue weighted by Gasteiger charge is 2.16. The number of nitrogens with one attached hydrogen (secondary N) is 2.